The molecular formula is C27H33N3O2. The van der Waals surface area contributed by atoms with Crippen LogP contribution in [-0.4, -0.2) is 70.5 Å². The molecule has 5 heteroatoms. The van der Waals surface area contributed by atoms with Crippen LogP contribution in [0.1, 0.15) is 40.7 Å². The zero-order valence-corrected chi connectivity index (χ0v) is 18.9. The Morgan fingerprint density at radius 3 is 2.62 bits per heavy atom. The summed E-state index contributed by atoms with van der Waals surface area (Å²) in [6.07, 6.45) is 3.76. The van der Waals surface area contributed by atoms with E-state index in [1.165, 1.54) is 44.5 Å². The molecule has 0 aromatic heterocycles. The molecule has 1 saturated carbocycles. The molecule has 1 N–H and O–H groups in total. The standard InChI is InChI=1S/C27H33N3O2/c1-19-7-8-23(25(31)11-19)26(32)30-17-27(18-30)12-22(13-27)29-15-21-9-10-28(24(21)16-29)14-20-5-3-2-4-6-20/h2-8,11,21-22,24,31H,9-10,12-18H2,1H3. The predicted octanol–water partition coefficient (Wildman–Crippen LogP) is 3.51. The number of hydrogen-bond acceptors (Lipinski definition) is 4. The molecule has 168 valence electrons. The third kappa shape index (κ3) is 3.43. The number of carbonyl (C=O) groups is 1. The second-order valence-electron chi connectivity index (χ2n) is 10.8. The molecule has 3 saturated heterocycles. The highest BCUT2D eigenvalue weighted by Crippen LogP contribution is 2.52. The summed E-state index contributed by atoms with van der Waals surface area (Å²) >= 11 is 0. The lowest BCUT2D eigenvalue weighted by Gasteiger charge is -2.60. The van der Waals surface area contributed by atoms with Crippen molar-refractivity contribution < 1.29 is 9.90 Å². The molecule has 0 radical (unpaired) electrons. The minimum absolute atomic E-state index is 0.0242. The Kier molecular flexibility index (Phi) is 4.81. The van der Waals surface area contributed by atoms with Gasteiger partial charge >= 0.3 is 0 Å². The van der Waals surface area contributed by atoms with E-state index in [-0.39, 0.29) is 11.7 Å². The number of nitrogens with zero attached hydrogens (tertiary/aromatic N) is 3. The molecule has 3 heterocycles. The number of likely N-dealkylation sites (tertiary alicyclic amines) is 3. The van der Waals surface area contributed by atoms with Gasteiger partial charge in [0, 0.05) is 50.2 Å². The van der Waals surface area contributed by atoms with Crippen LogP contribution in [-0.2, 0) is 6.54 Å². The van der Waals surface area contributed by atoms with Crippen LogP contribution in [0.15, 0.2) is 48.5 Å². The molecule has 6 rings (SSSR count). The molecule has 2 aromatic rings. The Balaban J connectivity index is 1.01. The summed E-state index contributed by atoms with van der Waals surface area (Å²) < 4.78 is 0. The van der Waals surface area contributed by atoms with E-state index in [0.717, 1.165) is 31.1 Å². The largest absolute Gasteiger partial charge is 0.507 e. The van der Waals surface area contributed by atoms with Crippen LogP contribution >= 0.6 is 0 Å². The number of amides is 1. The van der Waals surface area contributed by atoms with E-state index >= 15 is 0 Å². The Morgan fingerprint density at radius 1 is 1.09 bits per heavy atom. The molecule has 4 aliphatic rings. The molecular weight excluding hydrogens is 398 g/mol. The highest BCUT2D eigenvalue weighted by atomic mass is 16.3. The molecule has 1 aliphatic carbocycles. The fourth-order valence-electron chi connectivity index (χ4n) is 6.75. The van der Waals surface area contributed by atoms with Crippen molar-refractivity contribution in [2.75, 3.05) is 32.7 Å². The molecule has 4 fully saturated rings. The van der Waals surface area contributed by atoms with Gasteiger partial charge in [0.1, 0.15) is 5.75 Å². The number of aromatic hydroxyl groups is 1. The predicted molar refractivity (Wildman–Crippen MR) is 125 cm³/mol. The van der Waals surface area contributed by atoms with Crippen molar-refractivity contribution >= 4 is 5.91 Å². The highest BCUT2D eigenvalue weighted by molar-refractivity contribution is 5.97. The first-order valence-electron chi connectivity index (χ1n) is 12.1. The molecule has 2 unspecified atom stereocenters. The summed E-state index contributed by atoms with van der Waals surface area (Å²) in [6.45, 7) is 8.37. The average molecular weight is 432 g/mol. The third-order valence-corrected chi connectivity index (χ3v) is 8.50. The van der Waals surface area contributed by atoms with Crippen LogP contribution in [0, 0.1) is 18.3 Å². The van der Waals surface area contributed by atoms with E-state index < -0.39 is 0 Å². The van der Waals surface area contributed by atoms with Crippen LogP contribution in [0.25, 0.3) is 0 Å². The van der Waals surface area contributed by atoms with Gasteiger partial charge in [-0.2, -0.15) is 0 Å². The van der Waals surface area contributed by atoms with Crippen molar-refractivity contribution in [3.63, 3.8) is 0 Å². The third-order valence-electron chi connectivity index (χ3n) is 8.50. The first-order chi connectivity index (χ1) is 15.5. The van der Waals surface area contributed by atoms with Crippen LogP contribution in [0.2, 0.25) is 0 Å². The van der Waals surface area contributed by atoms with Crippen molar-refractivity contribution in [1.29, 1.82) is 0 Å². The zero-order valence-electron chi connectivity index (χ0n) is 18.9. The Bertz CT molecular complexity index is 1010. The van der Waals surface area contributed by atoms with Gasteiger partial charge in [-0.1, -0.05) is 36.4 Å². The quantitative estimate of drug-likeness (QED) is 0.805. The van der Waals surface area contributed by atoms with E-state index in [2.05, 4.69) is 40.1 Å². The number of benzene rings is 2. The lowest BCUT2D eigenvalue weighted by molar-refractivity contribution is -0.0903. The van der Waals surface area contributed by atoms with Crippen molar-refractivity contribution in [3.8, 4) is 5.75 Å². The maximum atomic E-state index is 12.8. The van der Waals surface area contributed by atoms with E-state index in [1.54, 1.807) is 12.1 Å². The van der Waals surface area contributed by atoms with E-state index in [9.17, 15) is 9.90 Å². The van der Waals surface area contributed by atoms with Gasteiger partial charge in [-0.05, 0) is 61.9 Å². The number of rotatable bonds is 4. The second-order valence-corrected chi connectivity index (χ2v) is 10.8. The first-order valence-corrected chi connectivity index (χ1v) is 12.1. The van der Waals surface area contributed by atoms with Crippen LogP contribution in [0.4, 0.5) is 0 Å². The van der Waals surface area contributed by atoms with Crippen LogP contribution in [0.3, 0.4) is 0 Å². The fraction of sp³-hybridized carbons (Fsp3) is 0.519. The molecule has 32 heavy (non-hydrogen) atoms. The van der Waals surface area contributed by atoms with E-state index in [4.69, 9.17) is 0 Å². The van der Waals surface area contributed by atoms with Crippen molar-refractivity contribution in [2.45, 2.75) is 44.8 Å². The normalized spacial score (nSPS) is 27.3. The van der Waals surface area contributed by atoms with Gasteiger partial charge < -0.3 is 10.0 Å². The molecule has 3 aliphatic heterocycles. The van der Waals surface area contributed by atoms with Gasteiger partial charge in [-0.3, -0.25) is 14.6 Å². The van der Waals surface area contributed by atoms with Crippen molar-refractivity contribution in [3.05, 3.63) is 65.2 Å². The summed E-state index contributed by atoms with van der Waals surface area (Å²) in [5, 5.41) is 10.2. The molecule has 2 aromatic carbocycles. The number of hydrogen-bond donors (Lipinski definition) is 1. The smallest absolute Gasteiger partial charge is 0.257 e. The van der Waals surface area contributed by atoms with E-state index in [0.29, 0.717) is 23.1 Å². The van der Waals surface area contributed by atoms with E-state index in [1.807, 2.05) is 17.9 Å². The number of carbonyl (C=O) groups excluding carboxylic acids is 1. The maximum absolute atomic E-state index is 12.8. The van der Waals surface area contributed by atoms with Gasteiger partial charge in [-0.15, -0.1) is 0 Å². The van der Waals surface area contributed by atoms with Crippen molar-refractivity contribution in [2.24, 2.45) is 11.3 Å². The lowest BCUT2D eigenvalue weighted by atomic mass is 9.60. The zero-order chi connectivity index (χ0) is 21.9. The molecule has 2 atom stereocenters. The fourth-order valence-corrected chi connectivity index (χ4v) is 6.75. The summed E-state index contributed by atoms with van der Waals surface area (Å²) in [5.74, 6) is 0.897. The van der Waals surface area contributed by atoms with Crippen molar-refractivity contribution in [1.82, 2.24) is 14.7 Å². The molecule has 0 bridgehead atoms. The highest BCUT2D eigenvalue weighted by Gasteiger charge is 2.56. The molecule has 1 spiro atoms. The Morgan fingerprint density at radius 2 is 1.88 bits per heavy atom. The topological polar surface area (TPSA) is 47.0 Å². The monoisotopic (exact) mass is 431 g/mol. The number of fused-ring (bicyclic) bond motifs is 1. The maximum Gasteiger partial charge on any atom is 0.257 e. The average Bonchev–Trinajstić information content (AvgIpc) is 3.28. The Labute approximate surface area is 190 Å². The van der Waals surface area contributed by atoms with Crippen LogP contribution < -0.4 is 0 Å². The number of phenolic OH excluding ortho intramolecular Hbond substituents is 1. The number of phenols is 1. The van der Waals surface area contributed by atoms with Gasteiger partial charge in [0.2, 0.25) is 0 Å². The van der Waals surface area contributed by atoms with Gasteiger partial charge in [0.05, 0.1) is 5.56 Å². The van der Waals surface area contributed by atoms with Gasteiger partial charge in [0.25, 0.3) is 5.91 Å². The second kappa shape index (κ2) is 7.60. The minimum atomic E-state index is -0.0242. The summed E-state index contributed by atoms with van der Waals surface area (Å²) in [6, 6.07) is 17.6. The first kappa shape index (κ1) is 20.3. The summed E-state index contributed by atoms with van der Waals surface area (Å²) in [5.41, 5.74) is 3.15. The number of aryl methyl sites for hydroxylation is 1. The summed E-state index contributed by atoms with van der Waals surface area (Å²) in [4.78, 5) is 20.2. The van der Waals surface area contributed by atoms with Crippen LogP contribution in [0.5, 0.6) is 5.75 Å². The Hall–Kier alpha value is -2.37. The summed E-state index contributed by atoms with van der Waals surface area (Å²) in [7, 11) is 0. The minimum Gasteiger partial charge on any atom is -0.507 e. The molecule has 1 amide bonds. The lowest BCUT2D eigenvalue weighted by Crippen LogP contribution is -2.67. The van der Waals surface area contributed by atoms with Gasteiger partial charge in [-0.25, -0.2) is 0 Å². The molecule has 5 nitrogen and oxygen atoms in total. The van der Waals surface area contributed by atoms with Gasteiger partial charge in [0.15, 0.2) is 0 Å². The SMILES string of the molecule is Cc1ccc(C(=O)N2CC3(CC(N4CC5CCN(Cc6ccccc6)C5C4)C3)C2)c(O)c1.